The van der Waals surface area contributed by atoms with Crippen LogP contribution in [0.1, 0.15) is 19.8 Å². The average Bonchev–Trinajstić information content (AvgIpc) is 3.08. The van der Waals surface area contributed by atoms with Gasteiger partial charge in [-0.15, -0.1) is 0 Å². The van der Waals surface area contributed by atoms with Crippen molar-refractivity contribution >= 4 is 17.8 Å². The molecule has 1 aromatic rings. The lowest BCUT2D eigenvalue weighted by atomic mass is 9.87. The molecule has 3 heterocycles. The van der Waals surface area contributed by atoms with Crippen LogP contribution in [0.2, 0.25) is 0 Å². The van der Waals surface area contributed by atoms with Gasteiger partial charge >= 0.3 is 6.03 Å². The molecule has 3 rings (SSSR count). The first kappa shape index (κ1) is 14.6. The molecule has 118 valence electrons. The largest absolute Gasteiger partial charge is 0.342 e. The van der Waals surface area contributed by atoms with E-state index in [4.69, 9.17) is 0 Å². The third-order valence-electron chi connectivity index (χ3n) is 4.38. The monoisotopic (exact) mass is 305 g/mol. The Labute approximate surface area is 127 Å². The molecule has 2 aliphatic heterocycles. The summed E-state index contributed by atoms with van der Waals surface area (Å²) < 4.78 is 1.73. The molecule has 2 aliphatic rings. The van der Waals surface area contributed by atoms with Gasteiger partial charge in [-0.25, -0.2) is 4.79 Å². The van der Waals surface area contributed by atoms with E-state index in [1.165, 1.54) is 0 Å². The van der Waals surface area contributed by atoms with Crippen molar-refractivity contribution in [2.75, 3.05) is 13.1 Å². The quantitative estimate of drug-likeness (QED) is 0.751. The van der Waals surface area contributed by atoms with Gasteiger partial charge in [0.2, 0.25) is 5.91 Å². The minimum Gasteiger partial charge on any atom is -0.342 e. The number of aromatic nitrogens is 2. The summed E-state index contributed by atoms with van der Waals surface area (Å²) in [5.74, 6) is -0.412. The zero-order chi connectivity index (χ0) is 15.7. The molecule has 2 N–H and O–H groups in total. The highest BCUT2D eigenvalue weighted by molar-refractivity contribution is 6.07. The second kappa shape index (κ2) is 5.43. The molecule has 8 heteroatoms. The van der Waals surface area contributed by atoms with Crippen molar-refractivity contribution in [1.82, 2.24) is 25.3 Å². The second-order valence-corrected chi connectivity index (χ2v) is 5.94. The standard InChI is InChI=1S/C14H19N5O3/c1-10(9-19-6-2-5-15-19)11(20)18-7-3-14(4-8-18)12(21)16-13(22)17-14/h2,5-6,10H,3-4,7-9H2,1H3,(H2,16,17,21,22)/t10-/m0/s1. The molecule has 0 bridgehead atoms. The van der Waals surface area contributed by atoms with Gasteiger partial charge in [-0.3, -0.25) is 19.6 Å². The number of rotatable bonds is 3. The molecule has 2 fully saturated rings. The fourth-order valence-corrected chi connectivity index (χ4v) is 3.07. The minimum absolute atomic E-state index is 0.0510. The smallest absolute Gasteiger partial charge is 0.322 e. The number of imide groups is 1. The summed E-state index contributed by atoms with van der Waals surface area (Å²) >= 11 is 0. The molecule has 4 amide bonds. The van der Waals surface area contributed by atoms with Gasteiger partial charge in [0.25, 0.3) is 5.91 Å². The van der Waals surface area contributed by atoms with Gasteiger partial charge in [0, 0.05) is 25.5 Å². The van der Waals surface area contributed by atoms with E-state index in [1.807, 2.05) is 19.2 Å². The van der Waals surface area contributed by atoms with Gasteiger partial charge in [-0.2, -0.15) is 5.10 Å². The normalized spacial score (nSPS) is 21.6. The first-order valence-electron chi connectivity index (χ1n) is 7.40. The molecule has 0 unspecified atom stereocenters. The Morgan fingerprint density at radius 2 is 2.14 bits per heavy atom. The van der Waals surface area contributed by atoms with Gasteiger partial charge in [-0.05, 0) is 18.9 Å². The molecule has 0 radical (unpaired) electrons. The molecule has 8 nitrogen and oxygen atoms in total. The van der Waals surface area contributed by atoms with Gasteiger partial charge in [-0.1, -0.05) is 6.92 Å². The number of hydrogen-bond donors (Lipinski definition) is 2. The summed E-state index contributed by atoms with van der Waals surface area (Å²) in [5.41, 5.74) is -0.834. The van der Waals surface area contributed by atoms with Crippen molar-refractivity contribution in [3.63, 3.8) is 0 Å². The van der Waals surface area contributed by atoms with Crippen molar-refractivity contribution in [2.24, 2.45) is 5.92 Å². The van der Waals surface area contributed by atoms with Crippen molar-refractivity contribution in [1.29, 1.82) is 0 Å². The molecule has 0 aromatic carbocycles. The van der Waals surface area contributed by atoms with E-state index in [0.717, 1.165) is 0 Å². The molecular weight excluding hydrogens is 286 g/mol. The summed E-state index contributed by atoms with van der Waals surface area (Å²) in [4.78, 5) is 37.4. The summed E-state index contributed by atoms with van der Waals surface area (Å²) in [6, 6.07) is 1.38. The topological polar surface area (TPSA) is 96.3 Å². The molecular formula is C14H19N5O3. The van der Waals surface area contributed by atoms with Gasteiger partial charge in [0.1, 0.15) is 5.54 Å². The van der Waals surface area contributed by atoms with E-state index in [0.29, 0.717) is 32.5 Å². The van der Waals surface area contributed by atoms with Crippen LogP contribution >= 0.6 is 0 Å². The summed E-state index contributed by atoms with van der Waals surface area (Å²) in [6.07, 6.45) is 4.41. The van der Waals surface area contributed by atoms with Crippen LogP contribution in [0, 0.1) is 5.92 Å². The minimum atomic E-state index is -0.834. The van der Waals surface area contributed by atoms with Crippen LogP contribution in [0.15, 0.2) is 18.5 Å². The van der Waals surface area contributed by atoms with Crippen LogP contribution in [0.5, 0.6) is 0 Å². The Balaban J connectivity index is 1.58. The Kier molecular flexibility index (Phi) is 3.59. The van der Waals surface area contributed by atoms with Crippen molar-refractivity contribution in [2.45, 2.75) is 31.8 Å². The first-order chi connectivity index (χ1) is 10.5. The molecule has 1 atom stereocenters. The van der Waals surface area contributed by atoms with Crippen LogP contribution < -0.4 is 10.6 Å². The van der Waals surface area contributed by atoms with E-state index < -0.39 is 11.6 Å². The molecule has 1 aromatic heterocycles. The zero-order valence-corrected chi connectivity index (χ0v) is 12.4. The highest BCUT2D eigenvalue weighted by Gasteiger charge is 2.48. The van der Waals surface area contributed by atoms with Crippen LogP contribution in [0.25, 0.3) is 0 Å². The van der Waals surface area contributed by atoms with E-state index in [2.05, 4.69) is 15.7 Å². The lowest BCUT2D eigenvalue weighted by Gasteiger charge is -2.38. The highest BCUT2D eigenvalue weighted by Crippen LogP contribution is 2.26. The molecule has 2 saturated heterocycles. The van der Waals surface area contributed by atoms with Crippen molar-refractivity contribution in [3.8, 4) is 0 Å². The van der Waals surface area contributed by atoms with E-state index in [1.54, 1.807) is 15.8 Å². The third kappa shape index (κ3) is 2.56. The van der Waals surface area contributed by atoms with Crippen LogP contribution in [-0.4, -0.2) is 51.2 Å². The molecule has 0 saturated carbocycles. The first-order valence-corrected chi connectivity index (χ1v) is 7.40. The Hall–Kier alpha value is -2.38. The third-order valence-corrected chi connectivity index (χ3v) is 4.38. The summed E-state index contributed by atoms with van der Waals surface area (Å²) in [5, 5.41) is 9.07. The highest BCUT2D eigenvalue weighted by atomic mass is 16.2. The van der Waals surface area contributed by atoms with E-state index in [9.17, 15) is 14.4 Å². The average molecular weight is 305 g/mol. The SMILES string of the molecule is C[C@@H](Cn1cccn1)C(=O)N1CCC2(CC1)NC(=O)NC2=O. The number of carbonyl (C=O) groups excluding carboxylic acids is 3. The van der Waals surface area contributed by atoms with Crippen LogP contribution in [-0.2, 0) is 16.1 Å². The lowest BCUT2D eigenvalue weighted by Crippen LogP contribution is -2.56. The number of nitrogens with one attached hydrogen (secondary N) is 2. The predicted octanol–water partition coefficient (Wildman–Crippen LogP) is -0.280. The molecule has 1 spiro atoms. The number of carbonyl (C=O) groups is 3. The maximum Gasteiger partial charge on any atom is 0.322 e. The molecule has 22 heavy (non-hydrogen) atoms. The fourth-order valence-electron chi connectivity index (χ4n) is 3.07. The van der Waals surface area contributed by atoms with Crippen LogP contribution in [0.4, 0.5) is 4.79 Å². The Morgan fingerprint density at radius 1 is 1.41 bits per heavy atom. The van der Waals surface area contributed by atoms with E-state index >= 15 is 0 Å². The van der Waals surface area contributed by atoms with Gasteiger partial charge < -0.3 is 10.2 Å². The maximum absolute atomic E-state index is 12.5. The maximum atomic E-state index is 12.5. The van der Waals surface area contributed by atoms with Gasteiger partial charge in [0.05, 0.1) is 12.5 Å². The second-order valence-electron chi connectivity index (χ2n) is 5.94. The predicted molar refractivity (Wildman–Crippen MR) is 76.6 cm³/mol. The Bertz CT molecular complexity index is 590. The number of hydrogen-bond acceptors (Lipinski definition) is 4. The zero-order valence-electron chi connectivity index (χ0n) is 12.4. The fraction of sp³-hybridized carbons (Fsp3) is 0.571. The van der Waals surface area contributed by atoms with Crippen molar-refractivity contribution < 1.29 is 14.4 Å². The summed E-state index contributed by atoms with van der Waals surface area (Å²) in [6.45, 7) is 3.34. The number of piperidine rings is 1. The Morgan fingerprint density at radius 3 is 2.68 bits per heavy atom. The number of urea groups is 1. The van der Waals surface area contributed by atoms with E-state index in [-0.39, 0.29) is 17.7 Å². The number of amides is 4. The van der Waals surface area contributed by atoms with Crippen LogP contribution in [0.3, 0.4) is 0 Å². The molecule has 0 aliphatic carbocycles. The summed E-state index contributed by atoms with van der Waals surface area (Å²) in [7, 11) is 0. The van der Waals surface area contributed by atoms with Gasteiger partial charge in [0.15, 0.2) is 0 Å². The number of likely N-dealkylation sites (tertiary alicyclic amines) is 1. The lowest BCUT2D eigenvalue weighted by molar-refractivity contribution is -0.139. The number of nitrogens with zero attached hydrogens (tertiary/aromatic N) is 3. The van der Waals surface area contributed by atoms with Crippen molar-refractivity contribution in [3.05, 3.63) is 18.5 Å².